The summed E-state index contributed by atoms with van der Waals surface area (Å²) in [6, 6.07) is 18.1. The summed E-state index contributed by atoms with van der Waals surface area (Å²) in [6.07, 6.45) is 9.26. The summed E-state index contributed by atoms with van der Waals surface area (Å²) in [5.41, 5.74) is 1.94. The third-order valence-electron chi connectivity index (χ3n) is 6.26. The Morgan fingerprint density at radius 2 is 1.94 bits per heavy atom. The van der Waals surface area contributed by atoms with Gasteiger partial charge in [0.05, 0.1) is 6.54 Å². The number of pyridine rings is 1. The van der Waals surface area contributed by atoms with E-state index in [-0.39, 0.29) is 0 Å². The molecule has 33 heavy (non-hydrogen) atoms. The van der Waals surface area contributed by atoms with Crippen molar-refractivity contribution in [2.24, 2.45) is 5.92 Å². The number of hydrogen-bond donors (Lipinski definition) is 1. The molecule has 174 valence electrons. The Bertz CT molecular complexity index is 988. The Hall–Kier alpha value is -2.70. The monoisotopic (exact) mass is 463 g/mol. The van der Waals surface area contributed by atoms with Crippen LogP contribution in [-0.2, 0) is 13.1 Å². The van der Waals surface area contributed by atoms with Gasteiger partial charge in [0.2, 0.25) is 5.88 Å². The van der Waals surface area contributed by atoms with Crippen LogP contribution in [0.4, 0.5) is 9.80 Å². The van der Waals surface area contributed by atoms with E-state index < -0.39 is 6.09 Å². The maximum absolute atomic E-state index is 13.2. The first-order valence-electron chi connectivity index (χ1n) is 11.9. The average molecular weight is 464 g/mol. The molecule has 5 nitrogen and oxygen atoms in total. The van der Waals surface area contributed by atoms with Gasteiger partial charge in [-0.1, -0.05) is 68.5 Å². The van der Waals surface area contributed by atoms with Crippen LogP contribution >= 0.6 is 11.3 Å². The molecule has 1 aromatic carbocycles. The molecule has 1 unspecified atom stereocenters. The van der Waals surface area contributed by atoms with Crippen molar-refractivity contribution in [3.8, 4) is 5.88 Å². The van der Waals surface area contributed by atoms with E-state index in [1.54, 1.807) is 11.1 Å². The van der Waals surface area contributed by atoms with Crippen LogP contribution in [0.1, 0.15) is 56.6 Å². The van der Waals surface area contributed by atoms with Crippen LogP contribution in [0.2, 0.25) is 0 Å². The predicted octanol–water partition coefficient (Wildman–Crippen LogP) is 6.80. The maximum Gasteiger partial charge on any atom is 0.422 e. The zero-order valence-corrected chi connectivity index (χ0v) is 20.1. The van der Waals surface area contributed by atoms with Crippen molar-refractivity contribution in [2.45, 2.75) is 64.6 Å². The lowest BCUT2D eigenvalue weighted by molar-refractivity contribution is 0.205. The van der Waals surface area contributed by atoms with Crippen LogP contribution in [0.25, 0.3) is 0 Å². The van der Waals surface area contributed by atoms with Gasteiger partial charge in [-0.2, -0.15) is 0 Å². The van der Waals surface area contributed by atoms with Gasteiger partial charge in [0.1, 0.15) is 5.00 Å². The van der Waals surface area contributed by atoms with Gasteiger partial charge in [-0.15, -0.1) is 11.3 Å². The van der Waals surface area contributed by atoms with Crippen molar-refractivity contribution >= 4 is 22.4 Å². The van der Waals surface area contributed by atoms with Crippen molar-refractivity contribution in [2.75, 3.05) is 4.90 Å². The number of thiophene rings is 1. The zero-order chi connectivity index (χ0) is 22.9. The van der Waals surface area contributed by atoms with Crippen molar-refractivity contribution < 1.29 is 9.53 Å². The van der Waals surface area contributed by atoms with Gasteiger partial charge in [-0.3, -0.25) is 4.90 Å². The average Bonchev–Trinajstić information content (AvgIpc) is 3.38. The second kappa shape index (κ2) is 12.0. The number of rotatable bonds is 9. The molecule has 1 fully saturated rings. The summed E-state index contributed by atoms with van der Waals surface area (Å²) in [6.45, 7) is 3.32. The fraction of sp³-hybridized carbons (Fsp3) is 0.407. The van der Waals surface area contributed by atoms with Gasteiger partial charge in [-0.05, 0) is 48.4 Å². The Balaban J connectivity index is 1.40. The molecule has 1 N–H and O–H groups in total. The van der Waals surface area contributed by atoms with Crippen LogP contribution < -0.4 is 15.0 Å². The first-order valence-corrected chi connectivity index (χ1v) is 12.8. The molecule has 2 heterocycles. The van der Waals surface area contributed by atoms with Gasteiger partial charge >= 0.3 is 6.09 Å². The lowest BCUT2D eigenvalue weighted by Crippen LogP contribution is -2.33. The molecular formula is C27H33N3O2S. The molecule has 0 aliphatic heterocycles. The van der Waals surface area contributed by atoms with E-state index in [2.05, 4.69) is 17.2 Å². The molecule has 1 amide bonds. The number of carbonyl (C=O) groups is 1. The molecule has 1 aliphatic carbocycles. The lowest BCUT2D eigenvalue weighted by atomic mass is 9.85. The number of nitrogens with one attached hydrogen (secondary N) is 1. The number of amides is 1. The number of aromatic nitrogens is 1. The van der Waals surface area contributed by atoms with Crippen LogP contribution in [0.15, 0.2) is 66.2 Å². The number of anilines is 1. The molecule has 2 aromatic heterocycles. The molecule has 0 spiro atoms. The molecule has 6 heteroatoms. The number of benzene rings is 1. The minimum Gasteiger partial charge on any atom is -0.390 e. The van der Waals surface area contributed by atoms with Crippen molar-refractivity contribution in [3.05, 3.63) is 77.3 Å². The van der Waals surface area contributed by atoms with Gasteiger partial charge in [0.15, 0.2) is 0 Å². The lowest BCUT2D eigenvalue weighted by Gasteiger charge is -2.25. The highest BCUT2D eigenvalue weighted by molar-refractivity contribution is 7.14. The molecule has 0 bridgehead atoms. The van der Waals surface area contributed by atoms with Crippen LogP contribution in [0.3, 0.4) is 0 Å². The van der Waals surface area contributed by atoms with Gasteiger partial charge in [0.25, 0.3) is 0 Å². The Morgan fingerprint density at radius 1 is 1.12 bits per heavy atom. The van der Waals surface area contributed by atoms with E-state index in [0.717, 1.165) is 22.0 Å². The number of hydrogen-bond acceptors (Lipinski definition) is 5. The smallest absolute Gasteiger partial charge is 0.390 e. The van der Waals surface area contributed by atoms with E-state index in [1.165, 1.54) is 49.9 Å². The fourth-order valence-corrected chi connectivity index (χ4v) is 5.22. The second-order valence-electron chi connectivity index (χ2n) is 8.88. The summed E-state index contributed by atoms with van der Waals surface area (Å²) in [5.74, 6) is 1.19. The summed E-state index contributed by atoms with van der Waals surface area (Å²) < 4.78 is 5.83. The SMILES string of the molecule is CC(CC1CCCCC1)NCc1cccnc1OC(=O)N(Cc1ccccc1)c1cccs1. The van der Waals surface area contributed by atoms with Gasteiger partial charge < -0.3 is 10.1 Å². The van der Waals surface area contributed by atoms with Crippen LogP contribution in [0, 0.1) is 5.92 Å². The molecule has 1 saturated carbocycles. The predicted molar refractivity (Wildman–Crippen MR) is 135 cm³/mol. The van der Waals surface area contributed by atoms with E-state index >= 15 is 0 Å². The standard InChI is InChI=1S/C27H33N3O2S/c1-21(18-22-10-4-2-5-11-22)29-19-24-14-8-16-28-26(24)32-27(31)30(25-15-9-17-33-25)20-23-12-6-3-7-13-23/h3,6-9,12-17,21-22,29H,2,4-5,10-11,18-20H2,1H3. The Morgan fingerprint density at radius 3 is 2.70 bits per heavy atom. The molecule has 0 radical (unpaired) electrons. The quantitative estimate of drug-likeness (QED) is 0.379. The van der Waals surface area contributed by atoms with Crippen molar-refractivity contribution in [1.29, 1.82) is 0 Å². The van der Waals surface area contributed by atoms with Crippen LogP contribution in [0.5, 0.6) is 5.88 Å². The van der Waals surface area contributed by atoms with E-state index in [0.29, 0.717) is 25.0 Å². The van der Waals surface area contributed by atoms with Gasteiger partial charge in [-0.25, -0.2) is 9.78 Å². The maximum atomic E-state index is 13.2. The first-order chi connectivity index (χ1) is 16.2. The zero-order valence-electron chi connectivity index (χ0n) is 19.3. The Labute approximate surface area is 200 Å². The summed E-state index contributed by atoms with van der Waals surface area (Å²) in [5, 5.41) is 6.42. The highest BCUT2D eigenvalue weighted by atomic mass is 32.1. The topological polar surface area (TPSA) is 54.5 Å². The largest absolute Gasteiger partial charge is 0.422 e. The molecule has 4 rings (SSSR count). The second-order valence-corrected chi connectivity index (χ2v) is 9.81. The molecule has 1 aliphatic rings. The molecule has 1 atom stereocenters. The highest BCUT2D eigenvalue weighted by Gasteiger charge is 2.22. The van der Waals surface area contributed by atoms with Crippen LogP contribution in [-0.4, -0.2) is 17.1 Å². The van der Waals surface area contributed by atoms with E-state index in [1.807, 2.05) is 60.0 Å². The Kier molecular flexibility index (Phi) is 8.50. The third-order valence-corrected chi connectivity index (χ3v) is 7.15. The highest BCUT2D eigenvalue weighted by Crippen LogP contribution is 2.28. The van der Waals surface area contributed by atoms with E-state index in [4.69, 9.17) is 4.74 Å². The normalized spacial score (nSPS) is 15.2. The van der Waals surface area contributed by atoms with Gasteiger partial charge in [0, 0.05) is 24.3 Å². The first kappa shape index (κ1) is 23.5. The molecular weight excluding hydrogens is 430 g/mol. The molecule has 0 saturated heterocycles. The van der Waals surface area contributed by atoms with E-state index in [9.17, 15) is 4.79 Å². The van der Waals surface area contributed by atoms with Crippen molar-refractivity contribution in [1.82, 2.24) is 10.3 Å². The minimum atomic E-state index is -0.420. The number of ether oxygens (including phenoxy) is 1. The summed E-state index contributed by atoms with van der Waals surface area (Å²) in [4.78, 5) is 19.3. The number of carbonyl (C=O) groups excluding carboxylic acids is 1. The molecule has 3 aromatic rings. The minimum absolute atomic E-state index is 0.370. The summed E-state index contributed by atoms with van der Waals surface area (Å²) in [7, 11) is 0. The number of nitrogens with zero attached hydrogens (tertiary/aromatic N) is 2. The van der Waals surface area contributed by atoms with Crippen molar-refractivity contribution in [3.63, 3.8) is 0 Å². The third kappa shape index (κ3) is 6.89. The summed E-state index contributed by atoms with van der Waals surface area (Å²) >= 11 is 1.52. The fourth-order valence-electron chi connectivity index (χ4n) is 4.50.